The van der Waals surface area contributed by atoms with Gasteiger partial charge in [0, 0.05) is 13.1 Å². The van der Waals surface area contributed by atoms with Gasteiger partial charge in [0.1, 0.15) is 0 Å². The Labute approximate surface area is 173 Å². The average Bonchev–Trinajstić information content (AvgIpc) is 3.03. The molecule has 7 nitrogen and oxygen atoms in total. The number of benzene rings is 1. The van der Waals surface area contributed by atoms with Gasteiger partial charge < -0.3 is 20.6 Å². The van der Waals surface area contributed by atoms with Crippen molar-refractivity contribution in [3.8, 4) is 0 Å². The van der Waals surface area contributed by atoms with Crippen molar-refractivity contribution in [3.05, 3.63) is 35.9 Å². The molecule has 1 aliphatic rings. The molecule has 2 unspecified atom stereocenters. The van der Waals surface area contributed by atoms with Gasteiger partial charge in [0.25, 0.3) is 5.91 Å². The largest absolute Gasteiger partial charge is 0.426 e. The van der Waals surface area contributed by atoms with Crippen LogP contribution in [-0.2, 0) is 9.63 Å². The van der Waals surface area contributed by atoms with Crippen molar-refractivity contribution in [1.82, 2.24) is 15.7 Å². The van der Waals surface area contributed by atoms with Gasteiger partial charge in [0.05, 0.1) is 12.1 Å². The first-order valence-corrected chi connectivity index (χ1v) is 10.5. The van der Waals surface area contributed by atoms with E-state index in [9.17, 15) is 14.7 Å². The molecule has 162 valence electrons. The molecule has 2 amide bonds. The van der Waals surface area contributed by atoms with Gasteiger partial charge in [-0.15, -0.1) is 5.06 Å². The molecule has 0 bridgehead atoms. The molecule has 1 aromatic rings. The van der Waals surface area contributed by atoms with E-state index in [0.29, 0.717) is 19.5 Å². The molecule has 29 heavy (non-hydrogen) atoms. The number of carbonyl (C=O) groups is 2. The molecule has 3 N–H and O–H groups in total. The second-order valence-electron chi connectivity index (χ2n) is 8.64. The summed E-state index contributed by atoms with van der Waals surface area (Å²) in [5, 5.41) is 17.7. The summed E-state index contributed by atoms with van der Waals surface area (Å²) in [5.74, 6) is -0.509. The third-order valence-electron chi connectivity index (χ3n) is 5.33. The molecular weight excluding hydrogens is 370 g/mol. The van der Waals surface area contributed by atoms with Crippen LogP contribution in [0.2, 0.25) is 0 Å². The second-order valence-corrected chi connectivity index (χ2v) is 8.64. The van der Waals surface area contributed by atoms with Crippen molar-refractivity contribution in [2.45, 2.75) is 71.6 Å². The summed E-state index contributed by atoms with van der Waals surface area (Å²) in [4.78, 5) is 30.3. The highest BCUT2D eigenvalue weighted by Crippen LogP contribution is 2.28. The summed E-state index contributed by atoms with van der Waals surface area (Å²) in [6.45, 7) is 9.47. The van der Waals surface area contributed by atoms with Crippen LogP contribution in [0.1, 0.15) is 65.0 Å². The van der Waals surface area contributed by atoms with Crippen molar-refractivity contribution in [3.63, 3.8) is 0 Å². The van der Waals surface area contributed by atoms with Crippen LogP contribution in [0.15, 0.2) is 30.3 Å². The lowest BCUT2D eigenvalue weighted by molar-refractivity contribution is -0.132. The van der Waals surface area contributed by atoms with Gasteiger partial charge >= 0.3 is 6.09 Å². The van der Waals surface area contributed by atoms with Crippen LogP contribution in [0.3, 0.4) is 0 Å². The van der Waals surface area contributed by atoms with Crippen molar-refractivity contribution >= 4 is 12.0 Å². The Kier molecular flexibility index (Phi) is 8.46. The van der Waals surface area contributed by atoms with E-state index >= 15 is 0 Å². The number of hydrogen-bond acceptors (Lipinski definition) is 5. The van der Waals surface area contributed by atoms with E-state index in [1.54, 1.807) is 5.06 Å². The molecule has 1 fully saturated rings. The molecule has 0 saturated carbocycles. The fourth-order valence-corrected chi connectivity index (χ4v) is 3.48. The zero-order valence-electron chi connectivity index (χ0n) is 18.0. The summed E-state index contributed by atoms with van der Waals surface area (Å²) in [6, 6.07) is 8.58. The molecule has 0 spiro atoms. The van der Waals surface area contributed by atoms with Crippen molar-refractivity contribution in [1.29, 1.82) is 0 Å². The maximum Gasteiger partial charge on any atom is 0.426 e. The number of nitrogens with zero attached hydrogens (tertiary/aromatic N) is 1. The van der Waals surface area contributed by atoms with Gasteiger partial charge in [0.2, 0.25) is 0 Å². The first-order valence-electron chi connectivity index (χ1n) is 10.5. The predicted octanol–water partition coefficient (Wildman–Crippen LogP) is 3.16. The van der Waals surface area contributed by atoms with Crippen molar-refractivity contribution in [2.75, 3.05) is 13.1 Å². The lowest BCUT2D eigenvalue weighted by Crippen LogP contribution is -2.51. The third-order valence-corrected chi connectivity index (χ3v) is 5.33. The fraction of sp³-hybridized carbons (Fsp3) is 0.636. The Bertz CT molecular complexity index is 665. The number of unbranched alkanes of at least 4 members (excludes halogenated alkanes) is 1. The highest BCUT2D eigenvalue weighted by atomic mass is 16.7. The number of amides is 2. The van der Waals surface area contributed by atoms with Crippen LogP contribution >= 0.6 is 0 Å². The van der Waals surface area contributed by atoms with Crippen molar-refractivity contribution < 1.29 is 19.5 Å². The van der Waals surface area contributed by atoms with Crippen LogP contribution in [0.25, 0.3) is 0 Å². The minimum atomic E-state index is -1.35. The van der Waals surface area contributed by atoms with Gasteiger partial charge in [-0.25, -0.2) is 4.79 Å². The summed E-state index contributed by atoms with van der Waals surface area (Å²) in [6.07, 6.45) is 1.12. The quantitative estimate of drug-likeness (QED) is 0.587. The molecule has 1 saturated heterocycles. The monoisotopic (exact) mass is 405 g/mol. The molecule has 1 aromatic carbocycles. The van der Waals surface area contributed by atoms with E-state index in [1.807, 2.05) is 44.2 Å². The first-order chi connectivity index (χ1) is 13.7. The minimum Gasteiger partial charge on any atom is -0.381 e. The summed E-state index contributed by atoms with van der Waals surface area (Å²) in [7, 11) is 0. The van der Waals surface area contributed by atoms with E-state index in [0.717, 1.165) is 24.8 Å². The number of carbonyl (C=O) groups excluding carboxylic acids is 2. The zero-order valence-corrected chi connectivity index (χ0v) is 18.0. The number of aliphatic hydroxyl groups is 1. The SMILES string of the molecule is CCCCC(NC(=O)ON1CCC(C)(C)C1)C(O)C(=O)N[C@H](C)c1ccccc1. The summed E-state index contributed by atoms with van der Waals surface area (Å²) in [5.41, 5.74) is 1.05. The highest BCUT2D eigenvalue weighted by molar-refractivity contribution is 5.82. The number of aliphatic hydroxyl groups excluding tert-OH is 1. The molecule has 2 rings (SSSR count). The molecule has 3 atom stereocenters. The molecule has 0 radical (unpaired) electrons. The van der Waals surface area contributed by atoms with Gasteiger partial charge in [0.15, 0.2) is 6.10 Å². The molecule has 0 aromatic heterocycles. The minimum absolute atomic E-state index is 0.106. The Morgan fingerprint density at radius 2 is 1.93 bits per heavy atom. The zero-order chi connectivity index (χ0) is 21.4. The molecule has 1 aliphatic heterocycles. The Morgan fingerprint density at radius 1 is 1.24 bits per heavy atom. The smallest absolute Gasteiger partial charge is 0.381 e. The first kappa shape index (κ1) is 23.2. The second kappa shape index (κ2) is 10.6. The summed E-state index contributed by atoms with van der Waals surface area (Å²) < 4.78 is 0. The number of rotatable bonds is 9. The Balaban J connectivity index is 1.93. The normalized spacial score (nSPS) is 19.2. The van der Waals surface area contributed by atoms with E-state index in [4.69, 9.17) is 4.84 Å². The molecule has 1 heterocycles. The average molecular weight is 406 g/mol. The van der Waals surface area contributed by atoms with Crippen LogP contribution in [0, 0.1) is 5.41 Å². The van der Waals surface area contributed by atoms with E-state index < -0.39 is 24.1 Å². The topological polar surface area (TPSA) is 90.9 Å². The molecular formula is C22H35N3O4. The van der Waals surface area contributed by atoms with Gasteiger partial charge in [-0.3, -0.25) is 4.79 Å². The maximum absolute atomic E-state index is 12.6. The lowest BCUT2D eigenvalue weighted by Gasteiger charge is -2.26. The fourth-order valence-electron chi connectivity index (χ4n) is 3.48. The third kappa shape index (κ3) is 7.33. The maximum atomic E-state index is 12.6. The summed E-state index contributed by atoms with van der Waals surface area (Å²) >= 11 is 0. The predicted molar refractivity (Wildman–Crippen MR) is 112 cm³/mol. The Morgan fingerprint density at radius 3 is 2.52 bits per heavy atom. The molecule has 0 aliphatic carbocycles. The van der Waals surface area contributed by atoms with E-state index in [1.165, 1.54) is 0 Å². The van der Waals surface area contributed by atoms with E-state index in [2.05, 4.69) is 24.5 Å². The van der Waals surface area contributed by atoms with Crippen molar-refractivity contribution in [2.24, 2.45) is 5.41 Å². The standard InChI is InChI=1S/C22H35N3O4/c1-5-6-12-18(24-21(28)29-25-14-13-22(3,4)15-25)19(26)20(27)23-16(2)17-10-8-7-9-11-17/h7-11,16,18-19,26H,5-6,12-15H2,1-4H3,(H,23,27)(H,24,28)/t16-,18?,19?/m1/s1. The van der Waals surface area contributed by atoms with Crippen LogP contribution < -0.4 is 10.6 Å². The van der Waals surface area contributed by atoms with Gasteiger partial charge in [-0.1, -0.05) is 63.9 Å². The van der Waals surface area contributed by atoms with Gasteiger partial charge in [-0.05, 0) is 30.7 Å². The van der Waals surface area contributed by atoms with E-state index in [-0.39, 0.29) is 11.5 Å². The number of hydrogen-bond donors (Lipinski definition) is 3. The van der Waals surface area contributed by atoms with Gasteiger partial charge in [-0.2, -0.15) is 0 Å². The van der Waals surface area contributed by atoms with Crippen LogP contribution in [-0.4, -0.2) is 47.4 Å². The lowest BCUT2D eigenvalue weighted by atomic mass is 9.93. The number of hydroxylamine groups is 2. The Hall–Kier alpha value is -2.12. The number of nitrogens with one attached hydrogen (secondary N) is 2. The van der Waals surface area contributed by atoms with Crippen LogP contribution in [0.4, 0.5) is 4.79 Å². The van der Waals surface area contributed by atoms with Crippen LogP contribution in [0.5, 0.6) is 0 Å². The highest BCUT2D eigenvalue weighted by Gasteiger charge is 2.33. The molecule has 7 heteroatoms.